The second-order valence-electron chi connectivity index (χ2n) is 8.17. The van der Waals surface area contributed by atoms with E-state index in [0.29, 0.717) is 18.7 Å². The molecule has 160 valence electrons. The average molecular weight is 442 g/mol. The van der Waals surface area contributed by atoms with Gasteiger partial charge in [0.05, 0.1) is 27.5 Å². The SMILES string of the molecule is Cc1ccc2nc(-c3ccccc3)cc(C(=O)N3CCN(c4ccccc4Cl)CC3)c2c1. The number of halogens is 1. The van der Waals surface area contributed by atoms with E-state index in [2.05, 4.69) is 11.0 Å². The van der Waals surface area contributed by atoms with E-state index in [4.69, 9.17) is 16.6 Å². The van der Waals surface area contributed by atoms with Crippen LogP contribution < -0.4 is 4.90 Å². The van der Waals surface area contributed by atoms with E-state index in [1.54, 1.807) is 0 Å². The van der Waals surface area contributed by atoms with Gasteiger partial charge in [0.25, 0.3) is 5.91 Å². The van der Waals surface area contributed by atoms with Crippen LogP contribution in [0.4, 0.5) is 5.69 Å². The van der Waals surface area contributed by atoms with Crippen molar-refractivity contribution in [3.05, 3.63) is 95.0 Å². The first-order chi connectivity index (χ1) is 15.6. The van der Waals surface area contributed by atoms with E-state index in [9.17, 15) is 4.79 Å². The zero-order valence-corrected chi connectivity index (χ0v) is 18.7. The third-order valence-corrected chi connectivity index (χ3v) is 6.34. The molecule has 1 fully saturated rings. The summed E-state index contributed by atoms with van der Waals surface area (Å²) in [6, 6.07) is 25.9. The van der Waals surface area contributed by atoms with Gasteiger partial charge in [-0.15, -0.1) is 0 Å². The van der Waals surface area contributed by atoms with Gasteiger partial charge in [0.1, 0.15) is 0 Å². The number of anilines is 1. The summed E-state index contributed by atoms with van der Waals surface area (Å²) in [5.74, 6) is 0.0546. The molecule has 4 nitrogen and oxygen atoms in total. The third-order valence-electron chi connectivity index (χ3n) is 6.02. The summed E-state index contributed by atoms with van der Waals surface area (Å²) in [7, 11) is 0. The van der Waals surface area contributed by atoms with E-state index in [1.165, 1.54) is 0 Å². The van der Waals surface area contributed by atoms with Gasteiger partial charge < -0.3 is 9.80 Å². The van der Waals surface area contributed by atoms with Gasteiger partial charge in [-0.05, 0) is 37.3 Å². The molecule has 1 aliphatic rings. The number of carbonyl (C=O) groups is 1. The number of carbonyl (C=O) groups excluding carboxylic acids is 1. The fourth-order valence-corrected chi connectivity index (χ4v) is 4.56. The number of nitrogens with zero attached hydrogens (tertiary/aromatic N) is 3. The molecule has 5 rings (SSSR count). The number of hydrogen-bond acceptors (Lipinski definition) is 3. The van der Waals surface area contributed by atoms with Crippen molar-refractivity contribution >= 4 is 34.1 Å². The maximum Gasteiger partial charge on any atom is 0.254 e. The molecule has 0 bridgehead atoms. The van der Waals surface area contributed by atoms with Crippen molar-refractivity contribution in [1.82, 2.24) is 9.88 Å². The standard InChI is InChI=1S/C27H24ClN3O/c1-19-11-12-24-21(17-19)22(18-25(29-24)20-7-3-2-4-8-20)27(32)31-15-13-30(14-16-31)26-10-6-5-9-23(26)28/h2-12,17-18H,13-16H2,1H3. The van der Waals surface area contributed by atoms with Crippen LogP contribution in [-0.4, -0.2) is 42.0 Å². The van der Waals surface area contributed by atoms with Crippen LogP contribution in [0.25, 0.3) is 22.2 Å². The molecule has 0 atom stereocenters. The lowest BCUT2D eigenvalue weighted by molar-refractivity contribution is 0.0749. The van der Waals surface area contributed by atoms with Gasteiger partial charge in [0.2, 0.25) is 0 Å². The second kappa shape index (κ2) is 8.64. The molecule has 1 saturated heterocycles. The van der Waals surface area contributed by atoms with E-state index < -0.39 is 0 Å². The molecule has 4 aromatic rings. The smallest absolute Gasteiger partial charge is 0.254 e. The first-order valence-corrected chi connectivity index (χ1v) is 11.2. The molecule has 0 saturated carbocycles. The molecule has 5 heteroatoms. The number of aryl methyl sites for hydroxylation is 1. The fraction of sp³-hybridized carbons (Fsp3) is 0.185. The van der Waals surface area contributed by atoms with Crippen molar-refractivity contribution in [3.63, 3.8) is 0 Å². The van der Waals surface area contributed by atoms with Gasteiger partial charge in [-0.25, -0.2) is 4.98 Å². The first-order valence-electron chi connectivity index (χ1n) is 10.9. The van der Waals surface area contributed by atoms with E-state index in [1.807, 2.05) is 84.6 Å². The number of para-hydroxylation sites is 1. The molecule has 3 aromatic carbocycles. The van der Waals surface area contributed by atoms with Crippen LogP contribution in [0.2, 0.25) is 5.02 Å². The summed E-state index contributed by atoms with van der Waals surface area (Å²) in [6.07, 6.45) is 0. The zero-order valence-electron chi connectivity index (χ0n) is 18.0. The van der Waals surface area contributed by atoms with Crippen molar-refractivity contribution in [2.75, 3.05) is 31.1 Å². The number of hydrogen-bond donors (Lipinski definition) is 0. The van der Waals surface area contributed by atoms with Gasteiger partial charge >= 0.3 is 0 Å². The molecule has 0 aliphatic carbocycles. The van der Waals surface area contributed by atoms with Crippen LogP contribution in [0.3, 0.4) is 0 Å². The predicted molar refractivity (Wildman–Crippen MR) is 131 cm³/mol. The molecular formula is C27H24ClN3O. The fourth-order valence-electron chi connectivity index (χ4n) is 4.30. The number of amides is 1. The highest BCUT2D eigenvalue weighted by molar-refractivity contribution is 6.33. The Kier molecular flexibility index (Phi) is 5.54. The van der Waals surface area contributed by atoms with Crippen LogP contribution in [0.1, 0.15) is 15.9 Å². The Hall–Kier alpha value is -3.37. The third kappa shape index (κ3) is 3.94. The Labute approximate surface area is 193 Å². The first kappa shape index (κ1) is 20.5. The van der Waals surface area contributed by atoms with E-state index in [-0.39, 0.29) is 5.91 Å². The number of rotatable bonds is 3. The van der Waals surface area contributed by atoms with Crippen molar-refractivity contribution < 1.29 is 4.79 Å². The highest BCUT2D eigenvalue weighted by Crippen LogP contribution is 2.29. The number of piperazine rings is 1. The van der Waals surface area contributed by atoms with Gasteiger partial charge in [-0.1, -0.05) is 65.7 Å². The molecule has 1 aromatic heterocycles. The van der Waals surface area contributed by atoms with Gasteiger partial charge in [0.15, 0.2) is 0 Å². The maximum absolute atomic E-state index is 13.7. The Morgan fingerprint density at radius 1 is 0.875 bits per heavy atom. The summed E-state index contributed by atoms with van der Waals surface area (Å²) in [4.78, 5) is 22.7. The summed E-state index contributed by atoms with van der Waals surface area (Å²) in [6.45, 7) is 4.86. The highest BCUT2D eigenvalue weighted by atomic mass is 35.5. The predicted octanol–water partition coefficient (Wildman–Crippen LogP) is 5.83. The quantitative estimate of drug-likeness (QED) is 0.401. The number of pyridine rings is 1. The molecule has 0 N–H and O–H groups in total. The maximum atomic E-state index is 13.7. The number of aromatic nitrogens is 1. The molecular weight excluding hydrogens is 418 g/mol. The van der Waals surface area contributed by atoms with Crippen LogP contribution in [0.5, 0.6) is 0 Å². The van der Waals surface area contributed by atoms with Crippen LogP contribution in [0.15, 0.2) is 78.9 Å². The van der Waals surface area contributed by atoms with Crippen LogP contribution in [-0.2, 0) is 0 Å². The molecule has 0 radical (unpaired) electrons. The minimum atomic E-state index is 0.0546. The lowest BCUT2D eigenvalue weighted by Crippen LogP contribution is -2.49. The second-order valence-corrected chi connectivity index (χ2v) is 8.58. The zero-order chi connectivity index (χ0) is 22.1. The minimum Gasteiger partial charge on any atom is -0.367 e. The molecule has 1 aliphatic heterocycles. The summed E-state index contributed by atoms with van der Waals surface area (Å²) in [5.41, 5.74) is 5.52. The molecule has 0 unspecified atom stereocenters. The van der Waals surface area contributed by atoms with Crippen molar-refractivity contribution in [2.45, 2.75) is 6.92 Å². The van der Waals surface area contributed by atoms with Crippen molar-refractivity contribution in [3.8, 4) is 11.3 Å². The minimum absolute atomic E-state index is 0.0546. The summed E-state index contributed by atoms with van der Waals surface area (Å²) in [5, 5.41) is 1.65. The monoisotopic (exact) mass is 441 g/mol. The Morgan fingerprint density at radius 2 is 1.59 bits per heavy atom. The molecule has 32 heavy (non-hydrogen) atoms. The van der Waals surface area contributed by atoms with Gasteiger partial charge in [-0.3, -0.25) is 4.79 Å². The number of fused-ring (bicyclic) bond motifs is 1. The molecule has 2 heterocycles. The molecule has 0 spiro atoms. The van der Waals surface area contributed by atoms with Crippen LogP contribution in [0, 0.1) is 6.92 Å². The van der Waals surface area contributed by atoms with Gasteiger partial charge in [0, 0.05) is 37.1 Å². The van der Waals surface area contributed by atoms with Crippen LogP contribution >= 0.6 is 11.6 Å². The lowest BCUT2D eigenvalue weighted by atomic mass is 10.0. The average Bonchev–Trinajstić information content (AvgIpc) is 2.84. The summed E-state index contributed by atoms with van der Waals surface area (Å²) >= 11 is 6.38. The topological polar surface area (TPSA) is 36.4 Å². The highest BCUT2D eigenvalue weighted by Gasteiger charge is 2.25. The van der Waals surface area contributed by atoms with E-state index >= 15 is 0 Å². The summed E-state index contributed by atoms with van der Waals surface area (Å²) < 4.78 is 0. The van der Waals surface area contributed by atoms with Crippen molar-refractivity contribution in [2.24, 2.45) is 0 Å². The van der Waals surface area contributed by atoms with Crippen molar-refractivity contribution in [1.29, 1.82) is 0 Å². The van der Waals surface area contributed by atoms with Gasteiger partial charge in [-0.2, -0.15) is 0 Å². The Bertz CT molecular complexity index is 1280. The molecule has 1 amide bonds. The largest absolute Gasteiger partial charge is 0.367 e. The number of benzene rings is 3. The Morgan fingerprint density at radius 3 is 2.34 bits per heavy atom. The normalized spacial score (nSPS) is 14.1. The lowest BCUT2D eigenvalue weighted by Gasteiger charge is -2.36. The Balaban J connectivity index is 1.47. The van der Waals surface area contributed by atoms with E-state index in [0.717, 1.165) is 51.5 Å².